The number of hydrogen-bond donors (Lipinski definition) is 1. The molecule has 4 heteroatoms. The van der Waals surface area contributed by atoms with Crippen LogP contribution < -0.4 is 5.32 Å². The summed E-state index contributed by atoms with van der Waals surface area (Å²) in [7, 11) is 1.91. The van der Waals surface area contributed by atoms with Crippen LogP contribution in [0.25, 0.3) is 0 Å². The second-order valence-corrected chi connectivity index (χ2v) is 4.64. The summed E-state index contributed by atoms with van der Waals surface area (Å²) in [6.45, 7) is 4.71. The maximum atomic E-state index is 12.3. The molecule has 1 unspecified atom stereocenters. The van der Waals surface area contributed by atoms with Crippen LogP contribution in [0.4, 0.5) is 0 Å². The maximum Gasteiger partial charge on any atom is 0.270 e. The van der Waals surface area contributed by atoms with E-state index in [0.717, 1.165) is 25.3 Å². The first-order valence-electron chi connectivity index (χ1n) is 6.36. The van der Waals surface area contributed by atoms with Gasteiger partial charge in [0.15, 0.2) is 0 Å². The van der Waals surface area contributed by atoms with Gasteiger partial charge in [0.2, 0.25) is 0 Å². The maximum absolute atomic E-state index is 12.3. The standard InChI is InChI=1S/C13H21N3O/c1-3-16(10-11-6-4-8-14-11)13(17)12-7-5-9-15(12)2/h5,7,9,11,14H,3-4,6,8,10H2,1-2H3. The van der Waals surface area contributed by atoms with Crippen molar-refractivity contribution >= 4 is 5.91 Å². The lowest BCUT2D eigenvalue weighted by atomic mass is 10.2. The van der Waals surface area contributed by atoms with Gasteiger partial charge in [0.25, 0.3) is 5.91 Å². The van der Waals surface area contributed by atoms with Gasteiger partial charge >= 0.3 is 0 Å². The van der Waals surface area contributed by atoms with E-state index in [9.17, 15) is 4.79 Å². The fraction of sp³-hybridized carbons (Fsp3) is 0.615. The average molecular weight is 235 g/mol. The zero-order valence-corrected chi connectivity index (χ0v) is 10.6. The molecule has 0 spiro atoms. The van der Waals surface area contributed by atoms with E-state index in [-0.39, 0.29) is 5.91 Å². The number of hydrogen-bond acceptors (Lipinski definition) is 2. The van der Waals surface area contributed by atoms with Crippen molar-refractivity contribution in [2.45, 2.75) is 25.8 Å². The van der Waals surface area contributed by atoms with Gasteiger partial charge in [-0.2, -0.15) is 0 Å². The molecule has 2 heterocycles. The van der Waals surface area contributed by atoms with E-state index in [1.165, 1.54) is 12.8 Å². The topological polar surface area (TPSA) is 37.3 Å². The molecular weight excluding hydrogens is 214 g/mol. The van der Waals surface area contributed by atoms with E-state index in [1.807, 2.05) is 41.8 Å². The summed E-state index contributed by atoms with van der Waals surface area (Å²) in [4.78, 5) is 14.3. The van der Waals surface area contributed by atoms with Crippen LogP contribution in [0.3, 0.4) is 0 Å². The van der Waals surface area contributed by atoms with Crippen LogP contribution in [0, 0.1) is 0 Å². The van der Waals surface area contributed by atoms with E-state index in [4.69, 9.17) is 0 Å². The van der Waals surface area contributed by atoms with Crippen LogP contribution in [-0.4, -0.2) is 41.1 Å². The van der Waals surface area contributed by atoms with Crippen LogP contribution in [0.2, 0.25) is 0 Å². The van der Waals surface area contributed by atoms with Crippen molar-refractivity contribution in [3.63, 3.8) is 0 Å². The van der Waals surface area contributed by atoms with E-state index < -0.39 is 0 Å². The van der Waals surface area contributed by atoms with Gasteiger partial charge < -0.3 is 14.8 Å². The molecule has 0 aromatic carbocycles. The second-order valence-electron chi connectivity index (χ2n) is 4.64. The third-order valence-electron chi connectivity index (χ3n) is 3.43. The molecule has 0 radical (unpaired) electrons. The molecule has 0 saturated carbocycles. The molecule has 1 fully saturated rings. The number of carbonyl (C=O) groups is 1. The van der Waals surface area contributed by atoms with E-state index in [1.54, 1.807) is 0 Å². The Morgan fingerprint density at radius 1 is 1.65 bits per heavy atom. The number of rotatable bonds is 4. The van der Waals surface area contributed by atoms with Gasteiger partial charge in [0.1, 0.15) is 5.69 Å². The van der Waals surface area contributed by atoms with Gasteiger partial charge in [-0.1, -0.05) is 0 Å². The number of carbonyl (C=O) groups excluding carboxylic acids is 1. The molecule has 17 heavy (non-hydrogen) atoms. The zero-order chi connectivity index (χ0) is 12.3. The van der Waals surface area contributed by atoms with Crippen molar-refractivity contribution in [1.82, 2.24) is 14.8 Å². The van der Waals surface area contributed by atoms with Gasteiger partial charge in [0.05, 0.1) is 0 Å². The number of aromatic nitrogens is 1. The first-order chi connectivity index (χ1) is 8.22. The zero-order valence-electron chi connectivity index (χ0n) is 10.6. The smallest absolute Gasteiger partial charge is 0.270 e. The van der Waals surface area contributed by atoms with E-state index >= 15 is 0 Å². The highest BCUT2D eigenvalue weighted by molar-refractivity contribution is 5.92. The Hall–Kier alpha value is -1.29. The lowest BCUT2D eigenvalue weighted by Crippen LogP contribution is -2.41. The molecule has 0 aliphatic carbocycles. The summed E-state index contributed by atoms with van der Waals surface area (Å²) in [5.74, 6) is 0.133. The Kier molecular flexibility index (Phi) is 3.84. The molecule has 1 saturated heterocycles. The van der Waals surface area contributed by atoms with Crippen LogP contribution in [0.5, 0.6) is 0 Å². The second kappa shape index (κ2) is 5.36. The van der Waals surface area contributed by atoms with Crippen LogP contribution in [0.1, 0.15) is 30.3 Å². The molecule has 1 aromatic heterocycles. The van der Waals surface area contributed by atoms with Crippen molar-refractivity contribution in [1.29, 1.82) is 0 Å². The van der Waals surface area contributed by atoms with Gasteiger partial charge in [-0.25, -0.2) is 0 Å². The molecule has 0 bridgehead atoms. The SMILES string of the molecule is CCN(CC1CCCN1)C(=O)c1cccn1C. The Balaban J connectivity index is 2.02. The molecular formula is C13H21N3O. The minimum Gasteiger partial charge on any atom is -0.347 e. The normalized spacial score (nSPS) is 19.5. The van der Waals surface area contributed by atoms with Crippen molar-refractivity contribution in [2.24, 2.45) is 7.05 Å². The van der Waals surface area contributed by atoms with Crippen LogP contribution in [0.15, 0.2) is 18.3 Å². The highest BCUT2D eigenvalue weighted by Crippen LogP contribution is 2.10. The number of amides is 1. The molecule has 1 amide bonds. The highest BCUT2D eigenvalue weighted by Gasteiger charge is 2.22. The fourth-order valence-electron chi connectivity index (χ4n) is 2.38. The number of likely N-dealkylation sites (N-methyl/N-ethyl adjacent to an activating group) is 1. The number of nitrogens with one attached hydrogen (secondary N) is 1. The first kappa shape index (κ1) is 12.2. The molecule has 1 N–H and O–H groups in total. The lowest BCUT2D eigenvalue weighted by Gasteiger charge is -2.24. The van der Waals surface area contributed by atoms with Crippen LogP contribution >= 0.6 is 0 Å². The van der Waals surface area contributed by atoms with Crippen molar-refractivity contribution in [2.75, 3.05) is 19.6 Å². The third kappa shape index (κ3) is 2.69. The Morgan fingerprint density at radius 3 is 3.00 bits per heavy atom. The van der Waals surface area contributed by atoms with Gasteiger partial charge in [-0.15, -0.1) is 0 Å². The first-order valence-corrected chi connectivity index (χ1v) is 6.36. The summed E-state index contributed by atoms with van der Waals surface area (Å²) < 4.78 is 1.88. The lowest BCUT2D eigenvalue weighted by molar-refractivity contribution is 0.0741. The van der Waals surface area contributed by atoms with Crippen LogP contribution in [-0.2, 0) is 7.05 Å². The minimum absolute atomic E-state index is 0.133. The molecule has 1 aliphatic rings. The average Bonchev–Trinajstić information content (AvgIpc) is 2.96. The summed E-state index contributed by atoms with van der Waals surface area (Å²) >= 11 is 0. The number of nitrogens with zero attached hydrogens (tertiary/aromatic N) is 2. The number of aryl methyl sites for hydroxylation is 1. The molecule has 1 aromatic rings. The third-order valence-corrected chi connectivity index (χ3v) is 3.43. The minimum atomic E-state index is 0.133. The van der Waals surface area contributed by atoms with Crippen molar-refractivity contribution in [3.05, 3.63) is 24.0 Å². The monoisotopic (exact) mass is 235 g/mol. The Bertz CT molecular complexity index is 380. The molecule has 1 atom stereocenters. The largest absolute Gasteiger partial charge is 0.347 e. The van der Waals surface area contributed by atoms with Gasteiger partial charge in [0, 0.05) is 32.4 Å². The molecule has 4 nitrogen and oxygen atoms in total. The van der Waals surface area contributed by atoms with E-state index in [2.05, 4.69) is 5.32 Å². The van der Waals surface area contributed by atoms with Gasteiger partial charge in [-0.3, -0.25) is 4.79 Å². The van der Waals surface area contributed by atoms with Crippen molar-refractivity contribution < 1.29 is 4.79 Å². The summed E-state index contributed by atoms with van der Waals surface area (Å²) in [6.07, 6.45) is 4.31. The van der Waals surface area contributed by atoms with Crippen molar-refractivity contribution in [3.8, 4) is 0 Å². The molecule has 2 rings (SSSR count). The molecule has 1 aliphatic heterocycles. The van der Waals surface area contributed by atoms with Gasteiger partial charge in [-0.05, 0) is 38.4 Å². The summed E-state index contributed by atoms with van der Waals surface area (Å²) in [6, 6.07) is 4.27. The summed E-state index contributed by atoms with van der Waals surface area (Å²) in [5.41, 5.74) is 0.768. The predicted octanol–water partition coefficient (Wildman–Crippen LogP) is 1.24. The predicted molar refractivity (Wildman–Crippen MR) is 68.0 cm³/mol. The fourth-order valence-corrected chi connectivity index (χ4v) is 2.38. The Morgan fingerprint density at radius 2 is 2.47 bits per heavy atom. The molecule has 94 valence electrons. The van der Waals surface area contributed by atoms with E-state index in [0.29, 0.717) is 6.04 Å². The summed E-state index contributed by atoms with van der Waals surface area (Å²) in [5, 5.41) is 3.44. The Labute approximate surface area is 103 Å². The quantitative estimate of drug-likeness (QED) is 0.852. The highest BCUT2D eigenvalue weighted by atomic mass is 16.2.